The van der Waals surface area contributed by atoms with Crippen LogP contribution in [0.25, 0.3) is 0 Å². The van der Waals surface area contributed by atoms with E-state index in [1.165, 1.54) is 0 Å². The fraction of sp³-hybridized carbons (Fsp3) is 0.333. The highest BCUT2D eigenvalue weighted by molar-refractivity contribution is 5.48. The Bertz CT molecular complexity index is 607. The van der Waals surface area contributed by atoms with Crippen LogP contribution in [0.1, 0.15) is 22.3 Å². The van der Waals surface area contributed by atoms with Crippen molar-refractivity contribution >= 4 is 0 Å². The summed E-state index contributed by atoms with van der Waals surface area (Å²) in [5.41, 5.74) is 2.45. The van der Waals surface area contributed by atoms with Crippen LogP contribution in [0.5, 0.6) is 5.75 Å². The third-order valence-corrected chi connectivity index (χ3v) is 3.79. The van der Waals surface area contributed by atoms with Gasteiger partial charge in [0.15, 0.2) is 0 Å². The summed E-state index contributed by atoms with van der Waals surface area (Å²) in [6.45, 7) is 4.14. The van der Waals surface area contributed by atoms with Crippen LogP contribution in [-0.2, 0) is 10.3 Å². The van der Waals surface area contributed by atoms with Crippen molar-refractivity contribution in [2.24, 2.45) is 0 Å². The van der Waals surface area contributed by atoms with Crippen molar-refractivity contribution in [2.75, 3.05) is 20.8 Å². The lowest BCUT2D eigenvalue weighted by atomic mass is 9.83. The van der Waals surface area contributed by atoms with E-state index in [9.17, 15) is 5.11 Å². The molecule has 2 aromatic rings. The second kappa shape index (κ2) is 6.29. The molecule has 0 aliphatic heterocycles. The molecule has 21 heavy (non-hydrogen) atoms. The molecule has 0 aliphatic rings. The molecule has 1 N–H and O–H groups in total. The largest absolute Gasteiger partial charge is 0.496 e. The van der Waals surface area contributed by atoms with Gasteiger partial charge in [-0.1, -0.05) is 30.3 Å². The van der Waals surface area contributed by atoms with Crippen LogP contribution in [0.3, 0.4) is 0 Å². The summed E-state index contributed by atoms with van der Waals surface area (Å²) in [5, 5.41) is 11.3. The number of rotatable bonds is 5. The molecule has 1 atom stereocenters. The summed E-state index contributed by atoms with van der Waals surface area (Å²) < 4.78 is 10.6. The first-order valence-corrected chi connectivity index (χ1v) is 6.95. The first kappa shape index (κ1) is 15.5. The number of aryl methyl sites for hydroxylation is 2. The van der Waals surface area contributed by atoms with Gasteiger partial charge in [-0.2, -0.15) is 0 Å². The van der Waals surface area contributed by atoms with Crippen LogP contribution in [0.15, 0.2) is 42.5 Å². The van der Waals surface area contributed by atoms with E-state index in [1.807, 2.05) is 56.3 Å². The van der Waals surface area contributed by atoms with Crippen LogP contribution in [-0.4, -0.2) is 25.9 Å². The van der Waals surface area contributed by atoms with Gasteiger partial charge in [-0.15, -0.1) is 0 Å². The molecule has 0 heterocycles. The Kier molecular flexibility index (Phi) is 4.66. The van der Waals surface area contributed by atoms with Crippen molar-refractivity contribution in [3.63, 3.8) is 0 Å². The van der Waals surface area contributed by atoms with Crippen LogP contribution in [0.4, 0.5) is 0 Å². The SMILES string of the molecule is COCC(O)(c1ccccc1)c1cc(C)c(OC)cc1C. The molecule has 2 aromatic carbocycles. The number of methoxy groups -OCH3 is 2. The maximum Gasteiger partial charge on any atom is 0.138 e. The van der Waals surface area contributed by atoms with E-state index < -0.39 is 5.60 Å². The van der Waals surface area contributed by atoms with Crippen molar-refractivity contribution in [1.82, 2.24) is 0 Å². The quantitative estimate of drug-likeness (QED) is 0.917. The fourth-order valence-electron chi connectivity index (χ4n) is 2.69. The molecule has 0 saturated heterocycles. The number of benzene rings is 2. The third-order valence-electron chi connectivity index (χ3n) is 3.79. The second-order valence-corrected chi connectivity index (χ2v) is 5.30. The Morgan fingerprint density at radius 3 is 2.24 bits per heavy atom. The van der Waals surface area contributed by atoms with Crippen molar-refractivity contribution in [1.29, 1.82) is 0 Å². The molecule has 2 rings (SSSR count). The molecule has 1 unspecified atom stereocenters. The molecule has 0 saturated carbocycles. The van der Waals surface area contributed by atoms with E-state index in [0.717, 1.165) is 28.0 Å². The minimum absolute atomic E-state index is 0.198. The van der Waals surface area contributed by atoms with Gasteiger partial charge in [-0.3, -0.25) is 0 Å². The third kappa shape index (κ3) is 2.94. The Labute approximate surface area is 126 Å². The van der Waals surface area contributed by atoms with Crippen LogP contribution < -0.4 is 4.74 Å². The van der Waals surface area contributed by atoms with Crippen LogP contribution in [0, 0.1) is 13.8 Å². The minimum atomic E-state index is -1.17. The standard InChI is InChI=1S/C18H22O3/c1-13-11-17(21-4)14(2)10-16(13)18(19,12-20-3)15-8-6-5-7-9-15/h5-11,19H,12H2,1-4H3. The first-order valence-electron chi connectivity index (χ1n) is 6.95. The smallest absolute Gasteiger partial charge is 0.138 e. The Morgan fingerprint density at radius 1 is 1.00 bits per heavy atom. The Balaban J connectivity index is 2.61. The summed E-state index contributed by atoms with van der Waals surface area (Å²) in [4.78, 5) is 0. The van der Waals surface area contributed by atoms with Gasteiger partial charge >= 0.3 is 0 Å². The summed E-state index contributed by atoms with van der Waals surface area (Å²) in [7, 11) is 3.25. The van der Waals surface area contributed by atoms with Gasteiger partial charge in [-0.25, -0.2) is 0 Å². The van der Waals surface area contributed by atoms with Gasteiger partial charge in [-0.05, 0) is 48.2 Å². The number of hydrogen-bond acceptors (Lipinski definition) is 3. The van der Waals surface area contributed by atoms with Gasteiger partial charge in [0.1, 0.15) is 11.4 Å². The first-order chi connectivity index (χ1) is 10.0. The Hall–Kier alpha value is -1.84. The maximum atomic E-state index is 11.3. The highest BCUT2D eigenvalue weighted by Crippen LogP contribution is 2.35. The number of aliphatic hydroxyl groups is 1. The summed E-state index contributed by atoms with van der Waals surface area (Å²) in [6.07, 6.45) is 0. The van der Waals surface area contributed by atoms with Gasteiger partial charge in [0.25, 0.3) is 0 Å². The predicted molar refractivity (Wildman–Crippen MR) is 83.8 cm³/mol. The highest BCUT2D eigenvalue weighted by atomic mass is 16.5. The molecule has 0 spiro atoms. The summed E-state index contributed by atoms with van der Waals surface area (Å²) >= 11 is 0. The zero-order valence-electron chi connectivity index (χ0n) is 13.0. The lowest BCUT2D eigenvalue weighted by Gasteiger charge is -2.30. The average molecular weight is 286 g/mol. The summed E-state index contributed by atoms with van der Waals surface area (Å²) in [6, 6.07) is 13.5. The highest BCUT2D eigenvalue weighted by Gasteiger charge is 2.33. The van der Waals surface area contributed by atoms with Crippen molar-refractivity contribution < 1.29 is 14.6 Å². The zero-order valence-corrected chi connectivity index (χ0v) is 13.0. The molecule has 0 aromatic heterocycles. The molecular formula is C18H22O3. The topological polar surface area (TPSA) is 38.7 Å². The molecule has 0 amide bonds. The normalized spacial score (nSPS) is 13.8. The fourth-order valence-corrected chi connectivity index (χ4v) is 2.69. The van der Waals surface area contributed by atoms with E-state index in [4.69, 9.17) is 9.47 Å². The van der Waals surface area contributed by atoms with E-state index in [1.54, 1.807) is 14.2 Å². The predicted octanol–water partition coefficient (Wildman–Crippen LogP) is 3.19. The molecule has 0 bridgehead atoms. The number of ether oxygens (including phenoxy) is 2. The average Bonchev–Trinajstić information content (AvgIpc) is 2.50. The molecule has 3 heteroatoms. The van der Waals surface area contributed by atoms with E-state index in [2.05, 4.69) is 0 Å². The maximum absolute atomic E-state index is 11.3. The molecule has 112 valence electrons. The summed E-state index contributed by atoms with van der Waals surface area (Å²) in [5.74, 6) is 0.823. The monoisotopic (exact) mass is 286 g/mol. The molecular weight excluding hydrogens is 264 g/mol. The second-order valence-electron chi connectivity index (χ2n) is 5.30. The van der Waals surface area contributed by atoms with Crippen LogP contribution >= 0.6 is 0 Å². The van der Waals surface area contributed by atoms with Crippen LogP contribution in [0.2, 0.25) is 0 Å². The van der Waals surface area contributed by atoms with Crippen molar-refractivity contribution in [3.8, 4) is 5.75 Å². The molecule has 0 radical (unpaired) electrons. The lowest BCUT2D eigenvalue weighted by molar-refractivity contribution is -0.00377. The Morgan fingerprint density at radius 2 is 1.67 bits per heavy atom. The molecule has 3 nitrogen and oxygen atoms in total. The van der Waals surface area contributed by atoms with Crippen molar-refractivity contribution in [3.05, 3.63) is 64.7 Å². The van der Waals surface area contributed by atoms with Crippen molar-refractivity contribution in [2.45, 2.75) is 19.4 Å². The minimum Gasteiger partial charge on any atom is -0.496 e. The van der Waals surface area contributed by atoms with E-state index in [0.29, 0.717) is 0 Å². The van der Waals surface area contributed by atoms with Gasteiger partial charge in [0.05, 0.1) is 13.7 Å². The van der Waals surface area contributed by atoms with E-state index >= 15 is 0 Å². The lowest BCUT2D eigenvalue weighted by Crippen LogP contribution is -2.33. The van der Waals surface area contributed by atoms with Gasteiger partial charge in [0, 0.05) is 7.11 Å². The van der Waals surface area contributed by atoms with E-state index in [-0.39, 0.29) is 6.61 Å². The molecule has 0 aliphatic carbocycles. The number of hydrogen-bond donors (Lipinski definition) is 1. The molecule has 0 fully saturated rings. The zero-order chi connectivity index (χ0) is 15.5. The van der Waals surface area contributed by atoms with Gasteiger partial charge < -0.3 is 14.6 Å². The van der Waals surface area contributed by atoms with Gasteiger partial charge in [0.2, 0.25) is 0 Å².